The van der Waals surface area contributed by atoms with E-state index in [2.05, 4.69) is 4.98 Å². The molecule has 0 radical (unpaired) electrons. The van der Waals surface area contributed by atoms with E-state index in [1.54, 1.807) is 12.1 Å². The van der Waals surface area contributed by atoms with E-state index >= 15 is 0 Å². The highest BCUT2D eigenvalue weighted by atomic mass is 16.3. The molecule has 1 N–H and O–H groups in total. The van der Waals surface area contributed by atoms with Crippen molar-refractivity contribution in [2.45, 2.75) is 6.92 Å². The zero-order valence-electron chi connectivity index (χ0n) is 8.23. The Morgan fingerprint density at radius 2 is 1.86 bits per heavy atom. The van der Waals surface area contributed by atoms with Crippen LogP contribution in [0.2, 0.25) is 0 Å². The topological polar surface area (TPSA) is 38.0 Å². The molecule has 0 amide bonds. The van der Waals surface area contributed by atoms with Crippen LogP contribution in [0.1, 0.15) is 5.69 Å². The Morgan fingerprint density at radius 3 is 2.36 bits per heavy atom. The van der Waals surface area contributed by atoms with Crippen molar-refractivity contribution < 1.29 is 5.11 Å². The number of hydrogen-bond donors (Lipinski definition) is 1. The van der Waals surface area contributed by atoms with Gasteiger partial charge in [0.1, 0.15) is 11.6 Å². The molecule has 0 atom stereocenters. The summed E-state index contributed by atoms with van der Waals surface area (Å²) in [5.41, 5.74) is 2.01. The Morgan fingerprint density at radius 1 is 1.21 bits per heavy atom. The highest BCUT2D eigenvalue weighted by Gasteiger charge is 2.04. The third-order valence-electron chi connectivity index (χ3n) is 2.12. The molecule has 72 valence electrons. The molecule has 1 aromatic heterocycles. The summed E-state index contributed by atoms with van der Waals surface area (Å²) in [6.07, 6.45) is 1.97. The number of phenols is 1. The number of nitrogens with zero attached hydrogens (tertiary/aromatic N) is 2. The van der Waals surface area contributed by atoms with E-state index in [-0.39, 0.29) is 5.75 Å². The minimum absolute atomic E-state index is 0.277. The average Bonchev–Trinajstić information content (AvgIpc) is 2.47. The van der Waals surface area contributed by atoms with Gasteiger partial charge in [-0.15, -0.1) is 0 Å². The Kier molecular flexibility index (Phi) is 2.00. The molecule has 0 fully saturated rings. The average molecular weight is 188 g/mol. The molecule has 0 spiro atoms. The predicted octanol–water partition coefficient (Wildman–Crippen LogP) is 2.10. The minimum atomic E-state index is 0.277. The van der Waals surface area contributed by atoms with E-state index in [0.717, 1.165) is 17.1 Å². The summed E-state index contributed by atoms with van der Waals surface area (Å²) in [7, 11) is 1.96. The number of hydrogen-bond acceptors (Lipinski definition) is 2. The van der Waals surface area contributed by atoms with Crippen LogP contribution in [0.15, 0.2) is 30.5 Å². The minimum Gasteiger partial charge on any atom is -0.508 e. The standard InChI is InChI=1S/C11H12N2O/c1-8-7-13(2)11(12-8)9-3-5-10(14)6-4-9/h3-7,14H,1-2H3. The van der Waals surface area contributed by atoms with Gasteiger partial charge in [0.25, 0.3) is 0 Å². The van der Waals surface area contributed by atoms with Crippen molar-refractivity contribution in [1.29, 1.82) is 0 Å². The number of aromatic nitrogens is 2. The van der Waals surface area contributed by atoms with Crippen molar-refractivity contribution in [2.24, 2.45) is 7.05 Å². The molecule has 2 aromatic rings. The Labute approximate surface area is 82.7 Å². The summed E-state index contributed by atoms with van der Waals surface area (Å²) >= 11 is 0. The second kappa shape index (κ2) is 3.18. The van der Waals surface area contributed by atoms with Crippen LogP contribution in [0, 0.1) is 6.92 Å². The van der Waals surface area contributed by atoms with Gasteiger partial charge in [-0.25, -0.2) is 4.98 Å². The second-order valence-electron chi connectivity index (χ2n) is 3.36. The SMILES string of the molecule is Cc1cn(C)c(-c2ccc(O)cc2)n1. The Balaban J connectivity index is 2.49. The summed E-state index contributed by atoms with van der Waals surface area (Å²) in [5.74, 6) is 1.20. The maximum absolute atomic E-state index is 9.15. The van der Waals surface area contributed by atoms with Crippen LogP contribution in [-0.2, 0) is 7.05 Å². The van der Waals surface area contributed by atoms with Gasteiger partial charge >= 0.3 is 0 Å². The van der Waals surface area contributed by atoms with Gasteiger partial charge in [0.15, 0.2) is 0 Å². The predicted molar refractivity (Wildman–Crippen MR) is 55.0 cm³/mol. The van der Waals surface area contributed by atoms with E-state index < -0.39 is 0 Å². The van der Waals surface area contributed by atoms with Crippen molar-refractivity contribution in [1.82, 2.24) is 9.55 Å². The number of benzene rings is 1. The molecular formula is C11H12N2O. The molecule has 0 aliphatic heterocycles. The first-order chi connectivity index (χ1) is 6.66. The number of phenolic OH excluding ortho intramolecular Hbond substituents is 1. The summed E-state index contributed by atoms with van der Waals surface area (Å²) in [6.45, 7) is 1.96. The third-order valence-corrected chi connectivity index (χ3v) is 2.12. The number of rotatable bonds is 1. The van der Waals surface area contributed by atoms with Crippen LogP contribution in [0.5, 0.6) is 5.75 Å². The molecule has 3 nitrogen and oxygen atoms in total. The molecular weight excluding hydrogens is 176 g/mol. The van der Waals surface area contributed by atoms with Gasteiger partial charge in [0, 0.05) is 18.8 Å². The van der Waals surface area contributed by atoms with Crippen LogP contribution in [0.4, 0.5) is 0 Å². The van der Waals surface area contributed by atoms with Crippen molar-refractivity contribution in [3.63, 3.8) is 0 Å². The molecule has 0 saturated carbocycles. The van der Waals surface area contributed by atoms with Crippen molar-refractivity contribution >= 4 is 0 Å². The van der Waals surface area contributed by atoms with E-state index in [1.165, 1.54) is 0 Å². The van der Waals surface area contributed by atoms with Crippen molar-refractivity contribution in [3.8, 4) is 17.1 Å². The first kappa shape index (κ1) is 8.81. The van der Waals surface area contributed by atoms with Gasteiger partial charge in [0.05, 0.1) is 5.69 Å². The lowest BCUT2D eigenvalue weighted by atomic mass is 10.2. The fraction of sp³-hybridized carbons (Fsp3) is 0.182. The van der Waals surface area contributed by atoms with Gasteiger partial charge in [-0.3, -0.25) is 0 Å². The van der Waals surface area contributed by atoms with Crippen LogP contribution >= 0.6 is 0 Å². The Hall–Kier alpha value is -1.77. The first-order valence-corrected chi connectivity index (χ1v) is 4.46. The molecule has 1 aromatic carbocycles. The fourth-order valence-electron chi connectivity index (χ4n) is 1.49. The van der Waals surface area contributed by atoms with Gasteiger partial charge in [0.2, 0.25) is 0 Å². The van der Waals surface area contributed by atoms with Crippen LogP contribution in [0.3, 0.4) is 0 Å². The normalized spacial score (nSPS) is 10.4. The molecule has 3 heteroatoms. The number of aromatic hydroxyl groups is 1. The zero-order chi connectivity index (χ0) is 10.1. The molecule has 14 heavy (non-hydrogen) atoms. The number of imidazole rings is 1. The molecule has 0 saturated heterocycles. The Bertz CT molecular complexity index is 443. The van der Waals surface area contributed by atoms with Crippen LogP contribution in [-0.4, -0.2) is 14.7 Å². The lowest BCUT2D eigenvalue weighted by Crippen LogP contribution is -1.90. The van der Waals surface area contributed by atoms with Crippen LogP contribution < -0.4 is 0 Å². The van der Waals surface area contributed by atoms with E-state index in [0.29, 0.717) is 0 Å². The van der Waals surface area contributed by atoms with Crippen molar-refractivity contribution in [3.05, 3.63) is 36.2 Å². The van der Waals surface area contributed by atoms with Crippen LogP contribution in [0.25, 0.3) is 11.4 Å². The molecule has 0 aliphatic carbocycles. The lowest BCUT2D eigenvalue weighted by molar-refractivity contribution is 0.475. The van der Waals surface area contributed by atoms with E-state index in [9.17, 15) is 0 Å². The van der Waals surface area contributed by atoms with Gasteiger partial charge in [-0.05, 0) is 31.2 Å². The van der Waals surface area contributed by atoms with Gasteiger partial charge in [-0.1, -0.05) is 0 Å². The molecule has 0 aliphatic rings. The summed E-state index contributed by atoms with van der Waals surface area (Å²) < 4.78 is 1.97. The largest absolute Gasteiger partial charge is 0.508 e. The quantitative estimate of drug-likeness (QED) is 0.744. The summed E-state index contributed by atoms with van der Waals surface area (Å²) in [4.78, 5) is 4.39. The molecule has 1 heterocycles. The van der Waals surface area contributed by atoms with Gasteiger partial charge in [-0.2, -0.15) is 0 Å². The molecule has 0 bridgehead atoms. The summed E-state index contributed by atoms with van der Waals surface area (Å²) in [5, 5.41) is 9.15. The van der Waals surface area contributed by atoms with E-state index in [4.69, 9.17) is 5.11 Å². The summed E-state index contributed by atoms with van der Waals surface area (Å²) in [6, 6.07) is 7.05. The molecule has 2 rings (SSSR count). The molecule has 0 unspecified atom stereocenters. The zero-order valence-corrected chi connectivity index (χ0v) is 8.23. The number of aryl methyl sites for hydroxylation is 2. The second-order valence-corrected chi connectivity index (χ2v) is 3.36. The monoisotopic (exact) mass is 188 g/mol. The first-order valence-electron chi connectivity index (χ1n) is 4.46. The van der Waals surface area contributed by atoms with Crippen molar-refractivity contribution in [2.75, 3.05) is 0 Å². The van der Waals surface area contributed by atoms with E-state index in [1.807, 2.05) is 36.9 Å². The smallest absolute Gasteiger partial charge is 0.139 e. The van der Waals surface area contributed by atoms with Gasteiger partial charge < -0.3 is 9.67 Å². The maximum atomic E-state index is 9.15. The third kappa shape index (κ3) is 1.48. The fourth-order valence-corrected chi connectivity index (χ4v) is 1.49. The maximum Gasteiger partial charge on any atom is 0.139 e. The highest BCUT2D eigenvalue weighted by molar-refractivity contribution is 5.57. The lowest BCUT2D eigenvalue weighted by Gasteiger charge is -2.00. The highest BCUT2D eigenvalue weighted by Crippen LogP contribution is 2.20.